The van der Waals surface area contributed by atoms with Crippen molar-refractivity contribution < 1.29 is 19.1 Å². The molecule has 0 atom stereocenters. The summed E-state index contributed by atoms with van der Waals surface area (Å²) in [7, 11) is 0. The molecule has 0 bridgehead atoms. The number of carbonyl (C=O) groups is 3. The van der Waals surface area contributed by atoms with Crippen LogP contribution in [-0.4, -0.2) is 35.8 Å². The summed E-state index contributed by atoms with van der Waals surface area (Å²) in [6, 6.07) is 10.5. The van der Waals surface area contributed by atoms with E-state index in [-0.39, 0.29) is 24.8 Å². The van der Waals surface area contributed by atoms with Gasteiger partial charge in [-0.1, -0.05) is 23.7 Å². The predicted octanol–water partition coefficient (Wildman–Crippen LogP) is 3.49. The minimum atomic E-state index is -0.481. The number of halogens is 1. The Morgan fingerprint density at radius 2 is 1.85 bits per heavy atom. The Morgan fingerprint density at radius 1 is 1.15 bits per heavy atom. The third-order valence-electron chi connectivity index (χ3n) is 3.69. The third kappa shape index (κ3) is 7.03. The Morgan fingerprint density at radius 3 is 2.41 bits per heavy atom. The summed E-state index contributed by atoms with van der Waals surface area (Å²) in [5.41, 5.74) is 1.39. The summed E-state index contributed by atoms with van der Waals surface area (Å²) >= 11 is 7.32. The number of anilines is 1. The van der Waals surface area contributed by atoms with Crippen LogP contribution >= 0.6 is 22.9 Å². The van der Waals surface area contributed by atoms with E-state index in [1.807, 2.05) is 13.0 Å². The Bertz CT molecular complexity index is 804. The molecule has 2 aromatic rings. The number of ether oxygens (including phenoxy) is 1. The smallest absolute Gasteiger partial charge is 0.310 e. The number of hydrogen-bond acceptors (Lipinski definition) is 5. The van der Waals surface area contributed by atoms with Gasteiger partial charge in [0, 0.05) is 24.0 Å². The fraction of sp³-hybridized carbons (Fsp3) is 0.316. The van der Waals surface area contributed by atoms with Gasteiger partial charge >= 0.3 is 5.97 Å². The van der Waals surface area contributed by atoms with Crippen LogP contribution in [0.1, 0.15) is 24.3 Å². The summed E-state index contributed by atoms with van der Waals surface area (Å²) in [4.78, 5) is 37.8. The van der Waals surface area contributed by atoms with E-state index in [1.165, 1.54) is 18.3 Å². The monoisotopic (exact) mass is 408 g/mol. The highest BCUT2D eigenvalue weighted by Crippen LogP contribution is 2.22. The van der Waals surface area contributed by atoms with Gasteiger partial charge in [-0.25, -0.2) is 0 Å². The molecule has 2 amide bonds. The average Bonchev–Trinajstić information content (AvgIpc) is 3.04. The first kappa shape index (κ1) is 20.9. The Hall–Kier alpha value is -2.38. The molecule has 1 N–H and O–H groups in total. The molecule has 1 heterocycles. The lowest BCUT2D eigenvalue weighted by Gasteiger charge is -2.20. The van der Waals surface area contributed by atoms with Crippen LogP contribution in [0.4, 0.5) is 5.69 Å². The predicted molar refractivity (Wildman–Crippen MR) is 106 cm³/mol. The number of hydrogen-bond donors (Lipinski definition) is 1. The second-order valence-corrected chi connectivity index (χ2v) is 7.63. The highest BCUT2D eigenvalue weighted by Gasteiger charge is 2.16. The fourth-order valence-electron chi connectivity index (χ4n) is 2.36. The van der Waals surface area contributed by atoms with E-state index in [1.54, 1.807) is 35.2 Å². The first-order chi connectivity index (χ1) is 12.9. The largest absolute Gasteiger partial charge is 0.455 e. The number of nitrogens with one attached hydrogen (secondary N) is 1. The molecule has 0 aliphatic carbocycles. The van der Waals surface area contributed by atoms with Gasteiger partial charge in [-0.2, -0.15) is 0 Å². The number of benzene rings is 1. The minimum Gasteiger partial charge on any atom is -0.455 e. The van der Waals surface area contributed by atoms with Gasteiger partial charge in [-0.3, -0.25) is 14.4 Å². The highest BCUT2D eigenvalue weighted by atomic mass is 35.5. The van der Waals surface area contributed by atoms with Crippen molar-refractivity contribution in [3.63, 3.8) is 0 Å². The molecule has 0 unspecified atom stereocenters. The van der Waals surface area contributed by atoms with Gasteiger partial charge in [0.05, 0.1) is 17.3 Å². The number of carbonyl (C=O) groups excluding carboxylic acids is 3. The van der Waals surface area contributed by atoms with Crippen molar-refractivity contribution >= 4 is 46.4 Å². The maximum absolute atomic E-state index is 12.3. The van der Waals surface area contributed by atoms with Crippen molar-refractivity contribution in [2.75, 3.05) is 18.5 Å². The molecular weight excluding hydrogens is 388 g/mol. The zero-order chi connectivity index (χ0) is 19.8. The van der Waals surface area contributed by atoms with Crippen LogP contribution in [0.2, 0.25) is 4.34 Å². The molecule has 0 spiro atoms. The SMILES string of the molecule is CCN(Cc1ccc(Cl)s1)C(=O)COC(=O)Cc1ccc(NC(C)=O)cc1. The zero-order valence-electron chi connectivity index (χ0n) is 15.2. The van der Waals surface area contributed by atoms with E-state index >= 15 is 0 Å². The van der Waals surface area contributed by atoms with Crippen molar-refractivity contribution in [2.24, 2.45) is 0 Å². The normalized spacial score (nSPS) is 10.3. The van der Waals surface area contributed by atoms with Crippen molar-refractivity contribution in [1.82, 2.24) is 4.90 Å². The molecule has 0 radical (unpaired) electrons. The average molecular weight is 409 g/mol. The molecule has 27 heavy (non-hydrogen) atoms. The summed E-state index contributed by atoms with van der Waals surface area (Å²) in [5.74, 6) is -0.895. The molecule has 144 valence electrons. The summed E-state index contributed by atoms with van der Waals surface area (Å²) in [5, 5.41) is 2.65. The quantitative estimate of drug-likeness (QED) is 0.678. The first-order valence-corrected chi connectivity index (χ1v) is 9.61. The lowest BCUT2D eigenvalue weighted by atomic mass is 10.1. The van der Waals surface area contributed by atoms with Crippen molar-refractivity contribution in [3.05, 3.63) is 51.2 Å². The number of thiophene rings is 1. The maximum Gasteiger partial charge on any atom is 0.310 e. The summed E-state index contributed by atoms with van der Waals surface area (Å²) in [6.45, 7) is 3.95. The van der Waals surface area contributed by atoms with Gasteiger partial charge in [-0.15, -0.1) is 11.3 Å². The molecule has 0 aliphatic heterocycles. The lowest BCUT2D eigenvalue weighted by Crippen LogP contribution is -2.34. The van der Waals surface area contributed by atoms with E-state index in [9.17, 15) is 14.4 Å². The van der Waals surface area contributed by atoms with Gasteiger partial charge in [-0.05, 0) is 36.8 Å². The van der Waals surface area contributed by atoms with Crippen LogP contribution in [-0.2, 0) is 32.1 Å². The minimum absolute atomic E-state index is 0.0558. The number of esters is 1. The van der Waals surface area contributed by atoms with Crippen molar-refractivity contribution in [3.8, 4) is 0 Å². The Labute approximate surface area is 167 Å². The molecule has 1 aromatic carbocycles. The van der Waals surface area contributed by atoms with Crippen LogP contribution in [0.25, 0.3) is 0 Å². The number of likely N-dealkylation sites (N-methyl/N-ethyl adjacent to an activating group) is 1. The zero-order valence-corrected chi connectivity index (χ0v) is 16.7. The van der Waals surface area contributed by atoms with E-state index < -0.39 is 5.97 Å². The maximum atomic E-state index is 12.3. The number of nitrogens with zero attached hydrogens (tertiary/aromatic N) is 1. The van der Waals surface area contributed by atoms with Gasteiger partial charge in [0.25, 0.3) is 5.91 Å². The van der Waals surface area contributed by atoms with Crippen LogP contribution in [0.3, 0.4) is 0 Å². The second-order valence-electron chi connectivity index (χ2n) is 5.83. The summed E-state index contributed by atoms with van der Waals surface area (Å²) in [6.07, 6.45) is 0.0558. The van der Waals surface area contributed by atoms with Crippen LogP contribution in [0, 0.1) is 0 Å². The van der Waals surface area contributed by atoms with Crippen molar-refractivity contribution in [2.45, 2.75) is 26.8 Å². The summed E-state index contributed by atoms with van der Waals surface area (Å²) < 4.78 is 5.78. The van der Waals surface area contributed by atoms with E-state index in [4.69, 9.17) is 16.3 Å². The van der Waals surface area contributed by atoms with E-state index in [0.29, 0.717) is 23.1 Å². The fourth-order valence-corrected chi connectivity index (χ4v) is 3.46. The number of rotatable bonds is 8. The Balaban J connectivity index is 1.81. The molecule has 0 fully saturated rings. The number of amides is 2. The molecule has 2 rings (SSSR count). The molecule has 0 aliphatic rings. The van der Waals surface area contributed by atoms with Gasteiger partial charge in [0.15, 0.2) is 6.61 Å². The molecule has 0 saturated heterocycles. The van der Waals surface area contributed by atoms with Crippen LogP contribution < -0.4 is 5.32 Å². The first-order valence-electron chi connectivity index (χ1n) is 8.41. The third-order valence-corrected chi connectivity index (χ3v) is 4.91. The Kier molecular flexibility index (Phi) is 7.82. The molecule has 0 saturated carbocycles. The van der Waals surface area contributed by atoms with Gasteiger partial charge < -0.3 is 15.0 Å². The molecule has 8 heteroatoms. The lowest BCUT2D eigenvalue weighted by molar-refractivity contribution is -0.151. The van der Waals surface area contributed by atoms with Gasteiger partial charge in [0.1, 0.15) is 0 Å². The molecule has 1 aromatic heterocycles. The topological polar surface area (TPSA) is 75.7 Å². The van der Waals surface area contributed by atoms with E-state index in [0.717, 1.165) is 10.4 Å². The molecule has 6 nitrogen and oxygen atoms in total. The van der Waals surface area contributed by atoms with E-state index in [2.05, 4.69) is 5.32 Å². The standard InChI is InChI=1S/C19H21ClN2O4S/c1-3-22(11-16-8-9-17(20)27-16)18(24)12-26-19(25)10-14-4-6-15(7-5-14)21-13(2)23/h4-9H,3,10-12H2,1-2H3,(H,21,23). The highest BCUT2D eigenvalue weighted by molar-refractivity contribution is 7.16. The molecular formula is C19H21ClN2O4S. The van der Waals surface area contributed by atoms with Crippen LogP contribution in [0.5, 0.6) is 0 Å². The second kappa shape index (κ2) is 10.1. The van der Waals surface area contributed by atoms with Gasteiger partial charge in [0.2, 0.25) is 5.91 Å². The van der Waals surface area contributed by atoms with Crippen molar-refractivity contribution in [1.29, 1.82) is 0 Å². The van der Waals surface area contributed by atoms with Crippen LogP contribution in [0.15, 0.2) is 36.4 Å².